The van der Waals surface area contributed by atoms with Crippen molar-refractivity contribution >= 4 is 35.8 Å². The molecule has 0 atom stereocenters. The highest BCUT2D eigenvalue weighted by Crippen LogP contribution is 2.46. The minimum Gasteiger partial charge on any atom is -0.503 e. The van der Waals surface area contributed by atoms with E-state index in [1.807, 2.05) is 6.92 Å². The predicted molar refractivity (Wildman–Crippen MR) is 121 cm³/mol. The van der Waals surface area contributed by atoms with Crippen LogP contribution < -0.4 is 10.7 Å². The van der Waals surface area contributed by atoms with Crippen LogP contribution in [0.5, 0.6) is 5.75 Å². The van der Waals surface area contributed by atoms with Crippen LogP contribution in [0.25, 0.3) is 0 Å². The first kappa shape index (κ1) is 25.0. The Morgan fingerprint density at radius 1 is 1.33 bits per heavy atom. The van der Waals surface area contributed by atoms with E-state index in [1.54, 1.807) is 4.90 Å². The summed E-state index contributed by atoms with van der Waals surface area (Å²) in [6.45, 7) is 2.29. The third-order valence-corrected chi connectivity index (χ3v) is 6.66. The van der Waals surface area contributed by atoms with E-state index >= 15 is 0 Å². The number of halogens is 3. The van der Waals surface area contributed by atoms with E-state index in [9.17, 15) is 29.0 Å². The van der Waals surface area contributed by atoms with Crippen LogP contribution in [-0.2, 0) is 13.1 Å². The Labute approximate surface area is 200 Å². The molecule has 8 nitrogen and oxygen atoms in total. The molecule has 2 aliphatic rings. The number of aliphatic hydroxyl groups excluding tert-OH is 1. The maximum Gasteiger partial charge on any atom is 0.275 e. The molecule has 1 aliphatic heterocycles. The quantitative estimate of drug-likeness (QED) is 0.584. The number of aliphatic hydroxyl groups is 1. The van der Waals surface area contributed by atoms with Crippen LogP contribution >= 0.6 is 24.0 Å². The van der Waals surface area contributed by atoms with E-state index in [4.69, 9.17) is 11.6 Å². The van der Waals surface area contributed by atoms with Crippen LogP contribution in [-0.4, -0.2) is 50.2 Å². The van der Waals surface area contributed by atoms with Gasteiger partial charge in [0.2, 0.25) is 5.43 Å². The van der Waals surface area contributed by atoms with Crippen LogP contribution in [0.1, 0.15) is 46.2 Å². The number of likely N-dealkylation sites (N-methyl/N-ethyl adjacent to an activating group) is 1. The molecule has 0 unspecified atom stereocenters. The minimum absolute atomic E-state index is 0. The third kappa shape index (κ3) is 4.09. The molecule has 0 bridgehead atoms. The normalized spacial score (nSPS) is 21.3. The lowest BCUT2D eigenvalue weighted by Crippen LogP contribution is -2.65. The molecule has 1 fully saturated rings. The SMILES string of the molecule is CCN1C(=O)c2c(O)c(=O)c(C(=O)NCc3cccc(Cl)c3F)cn2C[C@]12C[C@H](CO)C2.Cl. The number of amides is 2. The van der Waals surface area contributed by atoms with Gasteiger partial charge in [0.15, 0.2) is 11.4 Å². The molecule has 0 radical (unpaired) electrons. The van der Waals surface area contributed by atoms with Crippen LogP contribution in [0.2, 0.25) is 5.02 Å². The molecule has 1 spiro atoms. The second-order valence-electron chi connectivity index (χ2n) is 8.32. The van der Waals surface area contributed by atoms with E-state index in [2.05, 4.69) is 5.32 Å². The summed E-state index contributed by atoms with van der Waals surface area (Å²) in [5.74, 6) is -2.68. The lowest BCUT2D eigenvalue weighted by molar-refractivity contribution is -0.0478. The molecule has 1 saturated carbocycles. The van der Waals surface area contributed by atoms with Crippen molar-refractivity contribution in [2.24, 2.45) is 5.92 Å². The van der Waals surface area contributed by atoms with Gasteiger partial charge in [-0.1, -0.05) is 23.7 Å². The molecule has 4 rings (SSSR count). The van der Waals surface area contributed by atoms with E-state index in [0.29, 0.717) is 19.4 Å². The Bertz CT molecular complexity index is 1160. The fourth-order valence-corrected chi connectivity index (χ4v) is 5.03. The number of fused-ring (bicyclic) bond motifs is 1. The number of aromatic nitrogens is 1. The van der Waals surface area contributed by atoms with E-state index in [0.717, 1.165) is 0 Å². The number of aromatic hydroxyl groups is 1. The van der Waals surface area contributed by atoms with Gasteiger partial charge in [-0.2, -0.15) is 0 Å². The molecule has 0 saturated heterocycles. The number of hydrogen-bond donors (Lipinski definition) is 3. The Morgan fingerprint density at radius 3 is 2.67 bits per heavy atom. The zero-order valence-electron chi connectivity index (χ0n) is 17.8. The molecule has 1 aromatic carbocycles. The zero-order chi connectivity index (χ0) is 23.2. The summed E-state index contributed by atoms with van der Waals surface area (Å²) < 4.78 is 15.5. The first-order valence-electron chi connectivity index (χ1n) is 10.3. The van der Waals surface area contributed by atoms with Gasteiger partial charge in [0.05, 0.1) is 10.6 Å². The fourth-order valence-electron chi connectivity index (χ4n) is 4.83. The number of carbonyl (C=O) groups excluding carboxylic acids is 2. The molecular weight excluding hydrogens is 476 g/mol. The van der Waals surface area contributed by atoms with Gasteiger partial charge < -0.3 is 25.0 Å². The summed E-state index contributed by atoms with van der Waals surface area (Å²) in [7, 11) is 0. The van der Waals surface area contributed by atoms with Gasteiger partial charge in [-0.3, -0.25) is 14.4 Å². The number of hydrogen-bond acceptors (Lipinski definition) is 5. The van der Waals surface area contributed by atoms with Crippen molar-refractivity contribution in [2.75, 3.05) is 13.2 Å². The maximum atomic E-state index is 14.1. The number of carbonyl (C=O) groups is 2. The van der Waals surface area contributed by atoms with Gasteiger partial charge in [-0.25, -0.2) is 4.39 Å². The second kappa shape index (κ2) is 9.32. The molecule has 2 aromatic rings. The summed E-state index contributed by atoms with van der Waals surface area (Å²) >= 11 is 5.75. The highest BCUT2D eigenvalue weighted by Gasteiger charge is 2.53. The highest BCUT2D eigenvalue weighted by molar-refractivity contribution is 6.30. The number of pyridine rings is 1. The Kier molecular flexibility index (Phi) is 7.07. The van der Waals surface area contributed by atoms with Gasteiger partial charge in [0.1, 0.15) is 11.4 Å². The smallest absolute Gasteiger partial charge is 0.275 e. The van der Waals surface area contributed by atoms with Crippen molar-refractivity contribution < 1.29 is 24.2 Å². The Hall–Kier alpha value is -2.62. The fraction of sp³-hybridized carbons (Fsp3) is 0.409. The second-order valence-corrected chi connectivity index (χ2v) is 8.73. The number of nitrogens with zero attached hydrogens (tertiary/aromatic N) is 2. The van der Waals surface area contributed by atoms with Gasteiger partial charge in [0.25, 0.3) is 11.8 Å². The van der Waals surface area contributed by atoms with Gasteiger partial charge in [-0.15, -0.1) is 12.4 Å². The van der Waals surface area contributed by atoms with Crippen molar-refractivity contribution in [2.45, 2.75) is 38.4 Å². The Balaban J connectivity index is 0.00000306. The van der Waals surface area contributed by atoms with Crippen molar-refractivity contribution in [3.63, 3.8) is 0 Å². The molecule has 33 heavy (non-hydrogen) atoms. The summed E-state index contributed by atoms with van der Waals surface area (Å²) in [5, 5.41) is 22.3. The van der Waals surface area contributed by atoms with Crippen molar-refractivity contribution in [1.29, 1.82) is 0 Å². The van der Waals surface area contributed by atoms with Crippen molar-refractivity contribution in [3.8, 4) is 5.75 Å². The van der Waals surface area contributed by atoms with Gasteiger partial charge in [-0.05, 0) is 31.7 Å². The highest BCUT2D eigenvalue weighted by atomic mass is 35.5. The number of nitrogens with one attached hydrogen (secondary N) is 1. The Morgan fingerprint density at radius 2 is 2.03 bits per heavy atom. The maximum absolute atomic E-state index is 14.1. The molecule has 11 heteroatoms. The van der Waals surface area contributed by atoms with Crippen LogP contribution in [0.3, 0.4) is 0 Å². The van der Waals surface area contributed by atoms with Gasteiger partial charge >= 0.3 is 0 Å². The monoisotopic (exact) mass is 499 g/mol. The largest absolute Gasteiger partial charge is 0.503 e. The summed E-state index contributed by atoms with van der Waals surface area (Å²) in [5.41, 5.74) is -1.87. The average Bonchev–Trinajstić information content (AvgIpc) is 2.74. The summed E-state index contributed by atoms with van der Waals surface area (Å²) in [6, 6.07) is 4.37. The molecular formula is C22H24Cl2FN3O5. The van der Waals surface area contributed by atoms with Crippen LogP contribution in [0.15, 0.2) is 29.2 Å². The van der Waals surface area contributed by atoms with Crippen molar-refractivity contribution in [1.82, 2.24) is 14.8 Å². The zero-order valence-corrected chi connectivity index (χ0v) is 19.4. The topological polar surface area (TPSA) is 112 Å². The lowest BCUT2D eigenvalue weighted by atomic mass is 9.66. The van der Waals surface area contributed by atoms with E-state index in [-0.39, 0.29) is 59.9 Å². The molecule has 2 heterocycles. The lowest BCUT2D eigenvalue weighted by Gasteiger charge is -2.56. The number of benzene rings is 1. The molecule has 178 valence electrons. The molecule has 3 N–H and O–H groups in total. The van der Waals surface area contributed by atoms with E-state index in [1.165, 1.54) is 29.0 Å². The number of rotatable bonds is 5. The summed E-state index contributed by atoms with van der Waals surface area (Å²) in [4.78, 5) is 40.1. The molecule has 1 aliphatic carbocycles. The van der Waals surface area contributed by atoms with Crippen LogP contribution in [0, 0.1) is 11.7 Å². The first-order valence-corrected chi connectivity index (χ1v) is 10.7. The van der Waals surface area contributed by atoms with E-state index < -0.39 is 34.3 Å². The predicted octanol–water partition coefficient (Wildman–Crippen LogP) is 2.31. The first-order chi connectivity index (χ1) is 15.2. The molecule has 2 amide bonds. The molecule has 1 aromatic heterocycles. The summed E-state index contributed by atoms with van der Waals surface area (Å²) in [6.07, 6.45) is 2.44. The standard InChI is InChI=1S/C22H23ClFN3O5.ClH/c1-2-27-21(32)17-19(30)18(29)14(9-26(17)11-22(27)6-12(7-22)10-28)20(31)25-8-13-4-3-5-15(23)16(13)24;/h3-5,9,12,28,30H,2,6-8,10-11H2,1H3,(H,25,31);1H/t12-,22+;. The van der Waals surface area contributed by atoms with Gasteiger partial charge in [0, 0.05) is 38.0 Å². The minimum atomic E-state index is -0.970. The average molecular weight is 500 g/mol. The van der Waals surface area contributed by atoms with Crippen molar-refractivity contribution in [3.05, 3.63) is 62.3 Å². The third-order valence-electron chi connectivity index (χ3n) is 6.37. The van der Waals surface area contributed by atoms with Crippen LogP contribution in [0.4, 0.5) is 4.39 Å².